The van der Waals surface area contributed by atoms with Gasteiger partial charge in [-0.1, -0.05) is 17.5 Å². The topological polar surface area (TPSA) is 116 Å². The highest BCUT2D eigenvalue weighted by atomic mass is 35.5. The molecular formula is C19H17ClN6O. The van der Waals surface area contributed by atoms with E-state index in [2.05, 4.69) is 31.8 Å². The van der Waals surface area contributed by atoms with Gasteiger partial charge in [-0.25, -0.2) is 0 Å². The molecule has 5 N–H and O–H groups in total. The molecule has 2 fully saturated rings. The molecular weight excluding hydrogens is 364 g/mol. The summed E-state index contributed by atoms with van der Waals surface area (Å²) in [4.78, 5) is 11.6. The molecule has 2 aliphatic carbocycles. The van der Waals surface area contributed by atoms with Gasteiger partial charge in [0, 0.05) is 5.39 Å². The Kier molecular flexibility index (Phi) is 3.46. The Balaban J connectivity index is 1.68. The van der Waals surface area contributed by atoms with Crippen LogP contribution < -0.4 is 11.5 Å². The maximum Gasteiger partial charge on any atom is 0.255 e. The summed E-state index contributed by atoms with van der Waals surface area (Å²) in [6.45, 7) is 0. The van der Waals surface area contributed by atoms with Crippen molar-refractivity contribution in [1.29, 1.82) is 0 Å². The van der Waals surface area contributed by atoms with Crippen LogP contribution in [0.15, 0.2) is 12.3 Å². The zero-order chi connectivity index (χ0) is 18.7. The van der Waals surface area contributed by atoms with Crippen molar-refractivity contribution in [2.75, 3.05) is 5.73 Å². The number of primary amides is 1. The molecule has 7 nitrogen and oxygen atoms in total. The molecule has 1 amide bonds. The summed E-state index contributed by atoms with van der Waals surface area (Å²) >= 11 is 6.58. The molecule has 5 rings (SSSR count). The lowest BCUT2D eigenvalue weighted by molar-refractivity contribution is 0.100. The second-order valence-corrected chi connectivity index (χ2v) is 7.56. The number of nitrogens with one attached hydrogen (secondary N) is 1. The first-order valence-electron chi connectivity index (χ1n) is 8.90. The number of nitrogen functional groups attached to an aromatic ring is 1. The van der Waals surface area contributed by atoms with Crippen LogP contribution in [0.2, 0.25) is 5.02 Å². The van der Waals surface area contributed by atoms with E-state index in [0.717, 1.165) is 23.7 Å². The van der Waals surface area contributed by atoms with Gasteiger partial charge in [-0.2, -0.15) is 10.2 Å². The van der Waals surface area contributed by atoms with Crippen LogP contribution in [0.3, 0.4) is 0 Å². The molecule has 0 saturated heterocycles. The summed E-state index contributed by atoms with van der Waals surface area (Å²) in [7, 11) is 0. The van der Waals surface area contributed by atoms with E-state index in [0.29, 0.717) is 22.5 Å². The van der Waals surface area contributed by atoms with Crippen LogP contribution in [-0.2, 0) is 0 Å². The summed E-state index contributed by atoms with van der Waals surface area (Å²) in [5.41, 5.74) is 14.5. The molecule has 1 aromatic carbocycles. The number of nitrogens with two attached hydrogens (primary N) is 2. The van der Waals surface area contributed by atoms with Crippen molar-refractivity contribution in [3.05, 3.63) is 39.7 Å². The van der Waals surface area contributed by atoms with E-state index in [1.54, 1.807) is 0 Å². The number of anilines is 1. The Morgan fingerprint density at radius 2 is 2.07 bits per heavy atom. The fraction of sp³-hybridized carbons (Fsp3) is 0.316. The van der Waals surface area contributed by atoms with Gasteiger partial charge in [0.1, 0.15) is 11.3 Å². The molecule has 2 heterocycles. The number of carbonyl (C=O) groups excluding carboxylic acids is 1. The number of H-pyrrole nitrogens is 1. The quantitative estimate of drug-likeness (QED) is 0.606. The Labute approximate surface area is 160 Å². The standard InChI is InChI=1S/C19H17ClN6O/c20-14-7-12(9-1-2-9)17-13(8-23-26(17)10-3-4-10)11(14)5-6-15-16(19(22)27)18(21)25-24-15/h7-10H,1-4H2,(H2,22,27)(H3,21,24,25). The lowest BCUT2D eigenvalue weighted by Crippen LogP contribution is -2.13. The highest BCUT2D eigenvalue weighted by Gasteiger charge is 2.32. The van der Waals surface area contributed by atoms with Crippen LogP contribution in [-0.4, -0.2) is 25.9 Å². The summed E-state index contributed by atoms with van der Waals surface area (Å²) in [5.74, 6) is 5.90. The first-order chi connectivity index (χ1) is 13.0. The van der Waals surface area contributed by atoms with Gasteiger partial charge in [-0.3, -0.25) is 14.6 Å². The average Bonchev–Trinajstić information content (AvgIpc) is 3.55. The van der Waals surface area contributed by atoms with Crippen LogP contribution in [0.4, 0.5) is 5.82 Å². The van der Waals surface area contributed by atoms with Gasteiger partial charge in [0.25, 0.3) is 5.91 Å². The largest absolute Gasteiger partial charge is 0.382 e. The van der Waals surface area contributed by atoms with Crippen molar-refractivity contribution < 1.29 is 4.79 Å². The molecule has 0 aliphatic heterocycles. The van der Waals surface area contributed by atoms with Gasteiger partial charge in [0.05, 0.1) is 28.3 Å². The SMILES string of the molecule is NC(=O)c1c(N)n[nH]c1C#Cc1c(Cl)cc(C2CC2)c2c1cnn2C1CC1. The number of amides is 1. The lowest BCUT2D eigenvalue weighted by atomic mass is 10.0. The maximum absolute atomic E-state index is 11.6. The lowest BCUT2D eigenvalue weighted by Gasteiger charge is -2.09. The second kappa shape index (κ2) is 5.76. The number of hydrogen-bond acceptors (Lipinski definition) is 4. The van der Waals surface area contributed by atoms with Gasteiger partial charge in [-0.15, -0.1) is 0 Å². The summed E-state index contributed by atoms with van der Waals surface area (Å²) in [6, 6.07) is 2.48. The number of rotatable bonds is 3. The predicted octanol–water partition coefficient (Wildman–Crippen LogP) is 2.71. The normalized spacial score (nSPS) is 16.3. The third kappa shape index (κ3) is 2.64. The molecule has 0 unspecified atom stereocenters. The summed E-state index contributed by atoms with van der Waals surface area (Å²) < 4.78 is 2.12. The van der Waals surface area contributed by atoms with Crippen molar-refractivity contribution in [2.45, 2.75) is 37.6 Å². The number of nitrogens with zero attached hydrogens (tertiary/aromatic N) is 3. The Bertz CT molecular complexity index is 1160. The number of carbonyl (C=O) groups is 1. The van der Waals surface area contributed by atoms with Crippen LogP contribution in [0, 0.1) is 11.8 Å². The van der Waals surface area contributed by atoms with Gasteiger partial charge in [-0.05, 0) is 49.2 Å². The molecule has 2 aromatic heterocycles. The highest BCUT2D eigenvalue weighted by Crippen LogP contribution is 2.47. The van der Waals surface area contributed by atoms with Crippen molar-refractivity contribution in [1.82, 2.24) is 20.0 Å². The smallest absolute Gasteiger partial charge is 0.255 e. The fourth-order valence-electron chi connectivity index (χ4n) is 3.49. The Hall–Kier alpha value is -2.98. The maximum atomic E-state index is 11.6. The van der Waals surface area contributed by atoms with Crippen molar-refractivity contribution in [2.24, 2.45) is 5.73 Å². The van der Waals surface area contributed by atoms with E-state index in [1.807, 2.05) is 12.3 Å². The molecule has 2 saturated carbocycles. The molecule has 0 bridgehead atoms. The van der Waals surface area contributed by atoms with Crippen molar-refractivity contribution >= 4 is 34.2 Å². The zero-order valence-electron chi connectivity index (χ0n) is 14.4. The minimum atomic E-state index is -0.674. The minimum Gasteiger partial charge on any atom is -0.382 e. The van der Waals surface area contributed by atoms with Gasteiger partial charge < -0.3 is 11.5 Å². The van der Waals surface area contributed by atoms with Gasteiger partial charge >= 0.3 is 0 Å². The first-order valence-corrected chi connectivity index (χ1v) is 9.27. The van der Waals surface area contributed by atoms with E-state index >= 15 is 0 Å². The molecule has 27 heavy (non-hydrogen) atoms. The molecule has 2 aliphatic rings. The van der Waals surface area contributed by atoms with Crippen LogP contribution >= 0.6 is 11.6 Å². The van der Waals surface area contributed by atoms with Crippen LogP contribution in [0.25, 0.3) is 10.9 Å². The molecule has 0 atom stereocenters. The van der Waals surface area contributed by atoms with Crippen LogP contribution in [0.5, 0.6) is 0 Å². The van der Waals surface area contributed by atoms with E-state index < -0.39 is 5.91 Å². The number of aromatic nitrogens is 4. The van der Waals surface area contributed by atoms with Gasteiger partial charge in [0.2, 0.25) is 0 Å². The minimum absolute atomic E-state index is 0.0358. The summed E-state index contributed by atoms with van der Waals surface area (Å²) in [6.07, 6.45) is 6.51. The zero-order valence-corrected chi connectivity index (χ0v) is 15.2. The molecule has 8 heteroatoms. The van der Waals surface area contributed by atoms with E-state index in [4.69, 9.17) is 23.1 Å². The number of halogens is 1. The van der Waals surface area contributed by atoms with Crippen molar-refractivity contribution in [3.63, 3.8) is 0 Å². The third-order valence-electron chi connectivity index (χ3n) is 5.12. The monoisotopic (exact) mass is 380 g/mol. The van der Waals surface area contributed by atoms with Crippen LogP contribution in [0.1, 0.15) is 64.8 Å². The van der Waals surface area contributed by atoms with Crippen molar-refractivity contribution in [3.8, 4) is 11.8 Å². The fourth-order valence-corrected chi connectivity index (χ4v) is 3.75. The third-order valence-corrected chi connectivity index (χ3v) is 5.42. The molecule has 0 spiro atoms. The molecule has 3 aromatic rings. The number of benzene rings is 1. The Morgan fingerprint density at radius 3 is 2.74 bits per heavy atom. The average molecular weight is 381 g/mol. The molecule has 136 valence electrons. The van der Waals surface area contributed by atoms with E-state index in [-0.39, 0.29) is 17.1 Å². The highest BCUT2D eigenvalue weighted by molar-refractivity contribution is 6.33. The van der Waals surface area contributed by atoms with E-state index in [1.165, 1.54) is 18.4 Å². The van der Waals surface area contributed by atoms with Gasteiger partial charge in [0.15, 0.2) is 5.82 Å². The second-order valence-electron chi connectivity index (χ2n) is 7.15. The number of hydrogen-bond donors (Lipinski definition) is 3. The molecule has 0 radical (unpaired) electrons. The number of aromatic amines is 1. The first kappa shape index (κ1) is 16.2. The predicted molar refractivity (Wildman–Crippen MR) is 102 cm³/mol. The Morgan fingerprint density at radius 1 is 1.30 bits per heavy atom. The summed E-state index contributed by atoms with van der Waals surface area (Å²) in [5, 5.41) is 12.6. The number of fused-ring (bicyclic) bond motifs is 1. The van der Waals surface area contributed by atoms with E-state index in [9.17, 15) is 4.79 Å².